The number of allylic oxidation sites excluding steroid dienone is 4. The van der Waals surface area contributed by atoms with Gasteiger partial charge < -0.3 is 0 Å². The molecule has 2 aromatic carbocycles. The van der Waals surface area contributed by atoms with Crippen LogP contribution in [0.15, 0.2) is 53.5 Å². The van der Waals surface area contributed by atoms with Crippen molar-refractivity contribution in [1.82, 2.24) is 0 Å². The van der Waals surface area contributed by atoms with Crippen LogP contribution >= 0.6 is 12.2 Å². The Morgan fingerprint density at radius 3 is 2.36 bits per heavy atom. The van der Waals surface area contributed by atoms with Gasteiger partial charge in [-0.1, -0.05) is 36.5 Å². The number of nitrogens with two attached hydrogens (primary N) is 1. The maximum Gasteiger partial charge on any atom is 0.243 e. The summed E-state index contributed by atoms with van der Waals surface area (Å²) in [5.41, 5.74) is 2.81. The average molecular weight is 416 g/mol. The standard InChI is InChI=1S/C20H14F2N2O2S2/c1-11-2-3-13(6-15(11)10-23)16-5-4-12(9-19(16)27)14-7-17(21)20(18(22)8-14)28(24,25)26/h2-9,16H,1H3,(H2,24,25,26). The highest BCUT2D eigenvalue weighted by Gasteiger charge is 2.23. The van der Waals surface area contributed by atoms with Gasteiger partial charge in [-0.2, -0.15) is 5.26 Å². The first-order valence-electron chi connectivity index (χ1n) is 8.08. The lowest BCUT2D eigenvalue weighted by Gasteiger charge is -2.19. The molecular formula is C20H14F2N2O2S2. The number of nitrogens with zero attached hydrogens (tertiary/aromatic N) is 1. The Morgan fingerprint density at radius 2 is 1.82 bits per heavy atom. The second kappa shape index (κ2) is 7.36. The molecule has 1 aliphatic carbocycles. The van der Waals surface area contributed by atoms with Gasteiger partial charge in [0, 0.05) is 10.8 Å². The molecule has 4 nitrogen and oxygen atoms in total. The molecule has 28 heavy (non-hydrogen) atoms. The summed E-state index contributed by atoms with van der Waals surface area (Å²) in [5.74, 6) is -2.79. The molecule has 0 spiro atoms. The summed E-state index contributed by atoms with van der Waals surface area (Å²) in [6.45, 7) is 1.84. The van der Waals surface area contributed by atoms with E-state index in [0.29, 0.717) is 16.0 Å². The zero-order valence-electron chi connectivity index (χ0n) is 14.6. The first-order chi connectivity index (χ1) is 13.1. The van der Waals surface area contributed by atoms with Gasteiger partial charge in [0.1, 0.15) is 11.6 Å². The van der Waals surface area contributed by atoms with Gasteiger partial charge in [-0.05, 0) is 53.5 Å². The molecular weight excluding hydrogens is 402 g/mol. The maximum atomic E-state index is 14.1. The number of nitriles is 1. The average Bonchev–Trinajstić information content (AvgIpc) is 2.60. The highest BCUT2D eigenvalue weighted by Crippen LogP contribution is 2.32. The predicted molar refractivity (Wildman–Crippen MR) is 106 cm³/mol. The van der Waals surface area contributed by atoms with Crippen molar-refractivity contribution in [3.63, 3.8) is 0 Å². The topological polar surface area (TPSA) is 84.0 Å². The molecule has 0 saturated heterocycles. The number of hydrogen-bond donors (Lipinski definition) is 1. The SMILES string of the molecule is Cc1ccc(C2C=CC(c3cc(F)c(S(N)(=O)=O)c(F)c3)=CC2=S)cc1C#N. The van der Waals surface area contributed by atoms with E-state index in [1.165, 1.54) is 0 Å². The molecule has 1 unspecified atom stereocenters. The number of primary sulfonamides is 1. The largest absolute Gasteiger partial charge is 0.243 e. The van der Waals surface area contributed by atoms with Gasteiger partial charge in [0.25, 0.3) is 0 Å². The minimum absolute atomic E-state index is 0.140. The Bertz CT molecular complexity index is 1190. The summed E-state index contributed by atoms with van der Waals surface area (Å²) >= 11 is 5.44. The highest BCUT2D eigenvalue weighted by atomic mass is 32.2. The molecule has 8 heteroatoms. The van der Waals surface area contributed by atoms with Crippen molar-refractivity contribution in [2.45, 2.75) is 17.7 Å². The monoisotopic (exact) mass is 416 g/mol. The molecule has 2 N–H and O–H groups in total. The van der Waals surface area contributed by atoms with Crippen molar-refractivity contribution in [2.24, 2.45) is 5.14 Å². The van der Waals surface area contributed by atoms with Crippen molar-refractivity contribution in [1.29, 1.82) is 5.26 Å². The Morgan fingerprint density at radius 1 is 1.18 bits per heavy atom. The molecule has 1 aliphatic rings. The summed E-state index contributed by atoms with van der Waals surface area (Å²) in [4.78, 5) is -0.664. The third kappa shape index (κ3) is 3.78. The fraction of sp³-hybridized carbons (Fsp3) is 0.100. The van der Waals surface area contributed by atoms with Gasteiger partial charge in [0.2, 0.25) is 10.0 Å². The van der Waals surface area contributed by atoms with E-state index in [4.69, 9.17) is 17.4 Å². The highest BCUT2D eigenvalue weighted by molar-refractivity contribution is 7.89. The fourth-order valence-electron chi connectivity index (χ4n) is 2.99. The van der Waals surface area contributed by atoms with Crippen LogP contribution < -0.4 is 5.14 Å². The molecule has 1 atom stereocenters. The Kier molecular flexibility index (Phi) is 5.26. The van der Waals surface area contributed by atoms with E-state index in [1.54, 1.807) is 24.3 Å². The Hall–Kier alpha value is -2.73. The lowest BCUT2D eigenvalue weighted by atomic mass is 9.87. The quantitative estimate of drug-likeness (QED) is 0.769. The lowest BCUT2D eigenvalue weighted by molar-refractivity contribution is 0.519. The zero-order valence-corrected chi connectivity index (χ0v) is 16.2. The van der Waals surface area contributed by atoms with E-state index in [2.05, 4.69) is 6.07 Å². The normalized spacial score (nSPS) is 16.6. The van der Waals surface area contributed by atoms with Crippen LogP contribution in [-0.4, -0.2) is 13.3 Å². The van der Waals surface area contributed by atoms with E-state index in [0.717, 1.165) is 23.3 Å². The van der Waals surface area contributed by atoms with Crippen LogP contribution in [0.1, 0.15) is 28.2 Å². The van der Waals surface area contributed by atoms with E-state index >= 15 is 0 Å². The van der Waals surface area contributed by atoms with E-state index in [9.17, 15) is 22.5 Å². The smallest absolute Gasteiger partial charge is 0.224 e. The molecule has 0 amide bonds. The van der Waals surface area contributed by atoms with Crippen LogP contribution in [0.2, 0.25) is 0 Å². The van der Waals surface area contributed by atoms with E-state index in [-0.39, 0.29) is 11.5 Å². The molecule has 0 bridgehead atoms. The number of rotatable bonds is 3. The summed E-state index contributed by atoms with van der Waals surface area (Å²) in [6, 6.07) is 9.40. The summed E-state index contributed by atoms with van der Waals surface area (Å²) in [6.07, 6.45) is 5.01. The van der Waals surface area contributed by atoms with Gasteiger partial charge in [-0.25, -0.2) is 22.3 Å². The maximum absolute atomic E-state index is 14.1. The molecule has 0 heterocycles. The lowest BCUT2D eigenvalue weighted by Crippen LogP contribution is -2.16. The third-order valence-corrected chi connectivity index (χ3v) is 5.76. The number of hydrogen-bond acceptors (Lipinski definition) is 4. The number of aryl methyl sites for hydroxylation is 1. The fourth-order valence-corrected chi connectivity index (χ4v) is 4.00. The van der Waals surface area contributed by atoms with Crippen molar-refractivity contribution in [3.05, 3.63) is 82.4 Å². The minimum Gasteiger partial charge on any atom is -0.224 e. The molecule has 0 radical (unpaired) electrons. The number of sulfonamides is 1. The first kappa shape index (κ1) is 20.0. The van der Waals surface area contributed by atoms with E-state index < -0.39 is 26.6 Å². The Labute approximate surface area is 166 Å². The number of thiocarbonyl (C=S) groups is 1. The predicted octanol–water partition coefficient (Wildman–Crippen LogP) is 3.90. The molecule has 0 aliphatic heterocycles. The second-order valence-electron chi connectivity index (χ2n) is 6.34. The third-order valence-electron chi connectivity index (χ3n) is 4.43. The van der Waals surface area contributed by atoms with Gasteiger partial charge in [-0.15, -0.1) is 0 Å². The van der Waals surface area contributed by atoms with Crippen molar-refractivity contribution in [3.8, 4) is 6.07 Å². The summed E-state index contributed by atoms with van der Waals surface area (Å²) < 4.78 is 50.8. The first-order valence-corrected chi connectivity index (χ1v) is 10.0. The Balaban J connectivity index is 1.97. The van der Waals surface area contributed by atoms with Gasteiger partial charge >= 0.3 is 0 Å². The van der Waals surface area contributed by atoms with Gasteiger partial charge in [-0.3, -0.25) is 0 Å². The van der Waals surface area contributed by atoms with Crippen molar-refractivity contribution < 1.29 is 17.2 Å². The number of benzene rings is 2. The molecule has 142 valence electrons. The summed E-state index contributed by atoms with van der Waals surface area (Å²) in [7, 11) is -4.52. The number of halogens is 2. The van der Waals surface area contributed by atoms with Crippen LogP contribution in [0.4, 0.5) is 8.78 Å². The molecule has 0 fully saturated rings. The van der Waals surface area contributed by atoms with Crippen LogP contribution in [0.3, 0.4) is 0 Å². The minimum atomic E-state index is -4.52. The zero-order chi connectivity index (χ0) is 20.6. The molecule has 3 rings (SSSR count). The van der Waals surface area contributed by atoms with E-state index in [1.807, 2.05) is 19.1 Å². The second-order valence-corrected chi connectivity index (χ2v) is 8.31. The van der Waals surface area contributed by atoms with Crippen LogP contribution in [0.25, 0.3) is 5.57 Å². The van der Waals surface area contributed by atoms with Crippen LogP contribution in [-0.2, 0) is 10.0 Å². The molecule has 0 aromatic heterocycles. The summed E-state index contributed by atoms with van der Waals surface area (Å²) in [5, 5.41) is 14.0. The van der Waals surface area contributed by atoms with Crippen LogP contribution in [0, 0.1) is 29.9 Å². The molecule has 0 saturated carbocycles. The molecule has 2 aromatic rings. The van der Waals surface area contributed by atoms with Crippen LogP contribution in [0.5, 0.6) is 0 Å². The van der Waals surface area contributed by atoms with Crippen molar-refractivity contribution >= 4 is 32.7 Å². The van der Waals surface area contributed by atoms with Gasteiger partial charge in [0.15, 0.2) is 4.90 Å². The van der Waals surface area contributed by atoms with Gasteiger partial charge in [0.05, 0.1) is 11.6 Å². The van der Waals surface area contributed by atoms with Crippen molar-refractivity contribution in [2.75, 3.05) is 0 Å².